The van der Waals surface area contributed by atoms with Crippen LogP contribution in [0.25, 0.3) is 5.76 Å². The average Bonchev–Trinajstić information content (AvgIpc) is 3.01. The molecule has 0 radical (unpaired) electrons. The maximum absolute atomic E-state index is 12.9. The number of aliphatic hydroxyl groups excluding tert-OH is 1. The smallest absolute Gasteiger partial charge is 0.295 e. The van der Waals surface area contributed by atoms with Crippen molar-refractivity contribution in [2.45, 2.75) is 6.04 Å². The Morgan fingerprint density at radius 3 is 2.67 bits per heavy atom. The van der Waals surface area contributed by atoms with Gasteiger partial charge in [-0.3, -0.25) is 9.59 Å². The molecule has 0 saturated carbocycles. The van der Waals surface area contributed by atoms with Gasteiger partial charge in [-0.2, -0.15) is 0 Å². The number of nitrogens with zero attached hydrogens (tertiary/aromatic N) is 1. The molecule has 2 aromatic rings. The van der Waals surface area contributed by atoms with Crippen LogP contribution in [0, 0.1) is 0 Å². The van der Waals surface area contributed by atoms with Gasteiger partial charge in [0.2, 0.25) is 0 Å². The Labute approximate surface area is 178 Å². The van der Waals surface area contributed by atoms with Gasteiger partial charge in [0.25, 0.3) is 11.7 Å². The number of hydrogen-bond acceptors (Lipinski definition) is 6. The van der Waals surface area contributed by atoms with Gasteiger partial charge in [0.1, 0.15) is 19.0 Å². The van der Waals surface area contributed by atoms with E-state index in [2.05, 4.69) is 0 Å². The zero-order valence-corrected chi connectivity index (χ0v) is 17.0. The summed E-state index contributed by atoms with van der Waals surface area (Å²) in [6.07, 6.45) is 0. The molecular weight excluding hydrogens is 410 g/mol. The lowest BCUT2D eigenvalue weighted by molar-refractivity contribution is -0.140. The quantitative estimate of drug-likeness (QED) is 0.446. The van der Waals surface area contributed by atoms with Crippen LogP contribution >= 0.6 is 11.6 Å². The van der Waals surface area contributed by atoms with Gasteiger partial charge in [-0.1, -0.05) is 23.7 Å². The molecule has 0 spiro atoms. The minimum Gasteiger partial charge on any atom is -0.507 e. The number of rotatable bonds is 5. The zero-order valence-electron chi connectivity index (χ0n) is 16.3. The molecule has 1 saturated heterocycles. The second kappa shape index (κ2) is 8.38. The number of benzene rings is 2. The van der Waals surface area contributed by atoms with E-state index >= 15 is 0 Å². The van der Waals surface area contributed by atoms with Crippen LogP contribution in [-0.4, -0.2) is 55.2 Å². The van der Waals surface area contributed by atoms with E-state index in [9.17, 15) is 14.7 Å². The van der Waals surface area contributed by atoms with Crippen molar-refractivity contribution in [1.29, 1.82) is 0 Å². The van der Waals surface area contributed by atoms with E-state index in [1.54, 1.807) is 42.5 Å². The van der Waals surface area contributed by atoms with Crippen molar-refractivity contribution in [2.24, 2.45) is 0 Å². The molecule has 0 aliphatic carbocycles. The molecule has 0 unspecified atom stereocenters. The molecule has 1 fully saturated rings. The summed E-state index contributed by atoms with van der Waals surface area (Å²) in [5, 5.41) is 11.5. The Hall–Kier alpha value is -3.03. The van der Waals surface area contributed by atoms with Crippen LogP contribution in [0.3, 0.4) is 0 Å². The van der Waals surface area contributed by atoms with Crippen LogP contribution < -0.4 is 9.47 Å². The van der Waals surface area contributed by atoms with Crippen molar-refractivity contribution >= 4 is 29.1 Å². The van der Waals surface area contributed by atoms with Gasteiger partial charge in [-0.15, -0.1) is 0 Å². The van der Waals surface area contributed by atoms with E-state index in [1.807, 2.05) is 0 Å². The van der Waals surface area contributed by atoms with Crippen molar-refractivity contribution in [1.82, 2.24) is 4.90 Å². The fraction of sp³-hybridized carbons (Fsp3) is 0.273. The van der Waals surface area contributed by atoms with E-state index < -0.39 is 17.7 Å². The number of aliphatic hydroxyl groups is 1. The van der Waals surface area contributed by atoms with Crippen molar-refractivity contribution in [3.63, 3.8) is 0 Å². The Morgan fingerprint density at radius 2 is 1.93 bits per heavy atom. The summed E-state index contributed by atoms with van der Waals surface area (Å²) in [7, 11) is 1.51. The SMILES string of the molecule is COCCN1C(=O)C(=O)/C(=C(/O)c2ccc3c(c2)OCCO3)[C@@H]1c1cccc(Cl)c1. The lowest BCUT2D eigenvalue weighted by Crippen LogP contribution is -2.32. The molecule has 0 aromatic heterocycles. The Balaban J connectivity index is 1.84. The lowest BCUT2D eigenvalue weighted by atomic mass is 9.95. The number of amides is 1. The van der Waals surface area contributed by atoms with E-state index in [0.29, 0.717) is 40.9 Å². The summed E-state index contributed by atoms with van der Waals surface area (Å²) in [5.74, 6) is -0.710. The van der Waals surface area contributed by atoms with Crippen LogP contribution in [0.5, 0.6) is 11.5 Å². The van der Waals surface area contributed by atoms with E-state index in [-0.39, 0.29) is 24.5 Å². The molecule has 2 aliphatic rings. The van der Waals surface area contributed by atoms with Gasteiger partial charge in [0, 0.05) is 24.2 Å². The summed E-state index contributed by atoms with van der Waals surface area (Å²) in [6.45, 7) is 1.27. The second-order valence-electron chi connectivity index (χ2n) is 6.90. The normalized spacial score (nSPS) is 19.9. The van der Waals surface area contributed by atoms with Crippen LogP contribution in [0.15, 0.2) is 48.0 Å². The molecule has 0 bridgehead atoms. The molecule has 1 N–H and O–H groups in total. The molecule has 156 valence electrons. The van der Waals surface area contributed by atoms with E-state index in [4.69, 9.17) is 25.8 Å². The molecule has 2 heterocycles. The molecular formula is C22H20ClNO6. The van der Waals surface area contributed by atoms with Gasteiger partial charge in [-0.05, 0) is 35.9 Å². The number of carbonyl (C=O) groups is 2. The van der Waals surface area contributed by atoms with Crippen LogP contribution in [0.2, 0.25) is 5.02 Å². The highest BCUT2D eigenvalue weighted by Gasteiger charge is 2.46. The number of ether oxygens (including phenoxy) is 3. The molecule has 2 aliphatic heterocycles. The summed E-state index contributed by atoms with van der Waals surface area (Å²) < 4.78 is 16.2. The molecule has 30 heavy (non-hydrogen) atoms. The molecule has 2 aromatic carbocycles. The Bertz CT molecular complexity index is 1030. The average molecular weight is 430 g/mol. The third-order valence-corrected chi connectivity index (χ3v) is 5.29. The number of fused-ring (bicyclic) bond motifs is 1. The number of methoxy groups -OCH3 is 1. The third-order valence-electron chi connectivity index (χ3n) is 5.06. The minimum atomic E-state index is -0.785. The first-order valence-corrected chi connectivity index (χ1v) is 9.82. The highest BCUT2D eigenvalue weighted by molar-refractivity contribution is 6.46. The molecule has 4 rings (SSSR count). The summed E-state index contributed by atoms with van der Waals surface area (Å²) in [4.78, 5) is 27.1. The first-order chi connectivity index (χ1) is 14.5. The van der Waals surface area contributed by atoms with Gasteiger partial charge in [0.15, 0.2) is 11.5 Å². The Kier molecular flexibility index (Phi) is 5.65. The zero-order chi connectivity index (χ0) is 21.3. The molecule has 1 atom stereocenters. The monoisotopic (exact) mass is 429 g/mol. The van der Waals surface area contributed by atoms with Crippen molar-refractivity contribution in [3.8, 4) is 11.5 Å². The van der Waals surface area contributed by atoms with E-state index in [0.717, 1.165) is 0 Å². The first-order valence-electron chi connectivity index (χ1n) is 9.44. The fourth-order valence-electron chi connectivity index (χ4n) is 3.67. The van der Waals surface area contributed by atoms with Gasteiger partial charge in [-0.25, -0.2) is 0 Å². The lowest BCUT2D eigenvalue weighted by Gasteiger charge is -2.25. The largest absolute Gasteiger partial charge is 0.507 e. The number of hydrogen-bond donors (Lipinski definition) is 1. The number of halogens is 1. The van der Waals surface area contributed by atoms with Crippen LogP contribution in [-0.2, 0) is 14.3 Å². The third kappa shape index (κ3) is 3.62. The van der Waals surface area contributed by atoms with Crippen molar-refractivity contribution < 1.29 is 28.9 Å². The maximum Gasteiger partial charge on any atom is 0.295 e. The van der Waals surface area contributed by atoms with Crippen LogP contribution in [0.4, 0.5) is 0 Å². The summed E-state index contributed by atoms with van der Waals surface area (Å²) >= 11 is 6.15. The second-order valence-corrected chi connectivity index (χ2v) is 7.34. The summed E-state index contributed by atoms with van der Waals surface area (Å²) in [5.41, 5.74) is 0.975. The van der Waals surface area contributed by atoms with E-state index in [1.165, 1.54) is 12.0 Å². The predicted molar refractivity (Wildman–Crippen MR) is 110 cm³/mol. The fourth-order valence-corrected chi connectivity index (χ4v) is 3.87. The highest BCUT2D eigenvalue weighted by atomic mass is 35.5. The maximum atomic E-state index is 12.9. The standard InChI is InChI=1S/C22H20ClNO6/c1-28-8-7-24-19(13-3-2-4-15(23)11-13)18(21(26)22(24)27)20(25)14-5-6-16-17(12-14)30-10-9-29-16/h2-6,11-12,19,25H,7-10H2,1H3/b20-18+/t19-/m0/s1. The van der Waals surface area contributed by atoms with Crippen molar-refractivity contribution in [2.75, 3.05) is 33.5 Å². The Morgan fingerprint density at radius 1 is 1.17 bits per heavy atom. The number of likely N-dealkylation sites (tertiary alicyclic amines) is 1. The topological polar surface area (TPSA) is 85.3 Å². The molecule has 8 heteroatoms. The first kappa shape index (κ1) is 20.3. The molecule has 1 amide bonds. The van der Waals surface area contributed by atoms with Gasteiger partial charge in [0.05, 0.1) is 18.2 Å². The number of ketones is 1. The summed E-state index contributed by atoms with van der Waals surface area (Å²) in [6, 6.07) is 11.0. The number of carbonyl (C=O) groups excluding carboxylic acids is 2. The van der Waals surface area contributed by atoms with Gasteiger partial charge < -0.3 is 24.2 Å². The van der Waals surface area contributed by atoms with Gasteiger partial charge >= 0.3 is 0 Å². The van der Waals surface area contributed by atoms with Crippen molar-refractivity contribution in [3.05, 3.63) is 64.2 Å². The highest BCUT2D eigenvalue weighted by Crippen LogP contribution is 2.41. The van der Waals surface area contributed by atoms with Crippen LogP contribution in [0.1, 0.15) is 17.2 Å². The number of Topliss-reactive ketones (excluding diaryl/α,β-unsaturated/α-hetero) is 1. The molecule has 7 nitrogen and oxygen atoms in total. The predicted octanol–water partition coefficient (Wildman–Crippen LogP) is 3.18. The minimum absolute atomic E-state index is 0.00459.